The van der Waals surface area contributed by atoms with Gasteiger partial charge in [-0.25, -0.2) is 4.39 Å². The first-order valence-electron chi connectivity index (χ1n) is 17.6. The Hall–Kier alpha value is -3.09. The van der Waals surface area contributed by atoms with E-state index >= 15 is 4.39 Å². The van der Waals surface area contributed by atoms with Gasteiger partial charge in [0.15, 0.2) is 0 Å². The third kappa shape index (κ3) is 7.66. The van der Waals surface area contributed by atoms with Crippen LogP contribution in [0.5, 0.6) is 0 Å². The van der Waals surface area contributed by atoms with E-state index in [1.54, 1.807) is 5.38 Å². The lowest BCUT2D eigenvalue weighted by Crippen LogP contribution is -2.63. The number of aliphatic carboxylic acids is 1. The monoisotopic (exact) mass is 710 g/mol. The molecule has 2 N–H and O–H groups in total. The number of benzene rings is 2. The van der Waals surface area contributed by atoms with E-state index in [-0.39, 0.29) is 58.6 Å². The third-order valence-corrected chi connectivity index (χ3v) is 12.3. The van der Waals surface area contributed by atoms with Crippen molar-refractivity contribution < 1.29 is 28.6 Å². The number of hydrogen-bond donors (Lipinski definition) is 2. The van der Waals surface area contributed by atoms with Crippen LogP contribution in [0.25, 0.3) is 10.1 Å². The molecular weight excluding hydrogens is 667 g/mol. The summed E-state index contributed by atoms with van der Waals surface area (Å²) in [5.41, 5.74) is 0.826. The Morgan fingerprint density at radius 3 is 2.49 bits per heavy atom. The lowest BCUT2D eigenvalue weighted by Gasteiger charge is -2.49. The number of anilines is 1. The van der Waals surface area contributed by atoms with Crippen LogP contribution >= 0.6 is 22.9 Å². The van der Waals surface area contributed by atoms with Gasteiger partial charge in [0.2, 0.25) is 5.91 Å². The molecule has 0 spiro atoms. The quantitative estimate of drug-likeness (QED) is 0.255. The fraction of sp³-hybridized carbons (Fsp3) is 0.541. The Balaban J connectivity index is 1.01. The molecule has 1 saturated carbocycles. The number of carbonyl (C=O) groups is 3. The van der Waals surface area contributed by atoms with Crippen LogP contribution in [0.3, 0.4) is 0 Å². The van der Waals surface area contributed by atoms with Crippen molar-refractivity contribution in [2.24, 2.45) is 5.92 Å². The molecule has 49 heavy (non-hydrogen) atoms. The second-order valence-corrected chi connectivity index (χ2v) is 15.5. The fourth-order valence-electron chi connectivity index (χ4n) is 8.07. The van der Waals surface area contributed by atoms with Gasteiger partial charge in [-0.05, 0) is 81.8 Å². The van der Waals surface area contributed by atoms with Crippen molar-refractivity contribution in [2.45, 2.75) is 82.0 Å². The molecule has 0 bridgehead atoms. The summed E-state index contributed by atoms with van der Waals surface area (Å²) in [7, 11) is 0. The first-order chi connectivity index (χ1) is 23.7. The number of nitrogens with zero attached hydrogens (tertiary/aromatic N) is 3. The second-order valence-electron chi connectivity index (χ2n) is 14.1. The van der Waals surface area contributed by atoms with Gasteiger partial charge in [0.1, 0.15) is 5.82 Å². The number of hydrogen-bond acceptors (Lipinski definition) is 7. The van der Waals surface area contributed by atoms with Crippen LogP contribution in [0.4, 0.5) is 10.1 Å². The summed E-state index contributed by atoms with van der Waals surface area (Å²) in [4.78, 5) is 45.3. The number of likely N-dealkylation sites (tertiary alicyclic amines) is 3. The van der Waals surface area contributed by atoms with Crippen molar-refractivity contribution >= 4 is 56.5 Å². The van der Waals surface area contributed by atoms with Crippen LogP contribution in [-0.2, 0) is 20.7 Å². The molecular formula is C37H44ClFN4O5S. The van der Waals surface area contributed by atoms with E-state index < -0.39 is 11.8 Å². The van der Waals surface area contributed by atoms with Gasteiger partial charge in [-0.2, -0.15) is 0 Å². The standard InChI is InChI=1S/C37H44ClFN4O5S/c38-31-14-24(32(39)17-33(31)40-36(45)30-22-49-34-7-3-2-6-29(30)34)15-35(44)43-20-25(42-18-27(19-42)41-12-4-1-5-13-41)16-26(43)21-48-28-10-8-23(9-11-28)37(46)47/h2-3,6-7,14,17,22-23,25-28H,1,4-5,8-13,15-16,18-21H2,(H,40,45)(H,46,47)/t23-,25-,26-,28-/m0/s1. The number of rotatable bonds is 10. The van der Waals surface area contributed by atoms with E-state index in [4.69, 9.17) is 16.3 Å². The summed E-state index contributed by atoms with van der Waals surface area (Å²) in [6.45, 7) is 5.25. The van der Waals surface area contributed by atoms with E-state index in [2.05, 4.69) is 15.1 Å². The number of ether oxygens (including phenoxy) is 1. The van der Waals surface area contributed by atoms with Gasteiger partial charge in [-0.1, -0.05) is 36.2 Å². The van der Waals surface area contributed by atoms with Crippen LogP contribution in [0, 0.1) is 11.7 Å². The molecule has 9 nitrogen and oxygen atoms in total. The number of fused-ring (bicyclic) bond motifs is 1. The van der Waals surface area contributed by atoms with Crippen molar-refractivity contribution in [1.29, 1.82) is 0 Å². The number of carboxylic acid groups (broad SMARTS) is 1. The molecule has 12 heteroatoms. The SMILES string of the molecule is O=C(Nc1cc(F)c(CC(=O)N2C[C@@H](N3CC(N4CCCCC4)C3)C[C@H]2CO[C@H]2CC[C@H](C(=O)O)CC2)cc1Cl)c1csc2ccccc12. The molecule has 7 rings (SSSR count). The normalized spacial score (nSPS) is 25.4. The minimum Gasteiger partial charge on any atom is -0.481 e. The number of halogens is 2. The molecule has 0 unspecified atom stereocenters. The molecule has 3 saturated heterocycles. The molecule has 4 fully saturated rings. The molecule has 1 aromatic heterocycles. The highest BCUT2D eigenvalue weighted by Crippen LogP contribution is 2.33. The van der Waals surface area contributed by atoms with Gasteiger partial charge < -0.3 is 20.1 Å². The third-order valence-electron chi connectivity index (χ3n) is 11.0. The number of carbonyl (C=O) groups excluding carboxylic acids is 2. The van der Waals surface area contributed by atoms with E-state index in [1.165, 1.54) is 42.7 Å². The van der Waals surface area contributed by atoms with Crippen molar-refractivity contribution in [3.05, 3.63) is 63.7 Å². The van der Waals surface area contributed by atoms with Gasteiger partial charge in [0.05, 0.1) is 47.4 Å². The van der Waals surface area contributed by atoms with Crippen molar-refractivity contribution in [3.8, 4) is 0 Å². The number of nitrogens with one attached hydrogen (secondary N) is 1. The predicted octanol–water partition coefficient (Wildman–Crippen LogP) is 6.29. The van der Waals surface area contributed by atoms with Crippen LogP contribution in [0.15, 0.2) is 41.8 Å². The Kier molecular flexibility index (Phi) is 10.5. The van der Waals surface area contributed by atoms with Gasteiger partial charge in [-0.15, -0.1) is 11.3 Å². The largest absolute Gasteiger partial charge is 0.481 e. The van der Waals surface area contributed by atoms with Crippen LogP contribution in [0.1, 0.15) is 67.3 Å². The van der Waals surface area contributed by atoms with Crippen molar-refractivity contribution in [2.75, 3.05) is 44.6 Å². The smallest absolute Gasteiger partial charge is 0.306 e. The van der Waals surface area contributed by atoms with Crippen LogP contribution in [0.2, 0.25) is 5.02 Å². The second kappa shape index (κ2) is 15.0. The first kappa shape index (κ1) is 34.4. The lowest BCUT2D eigenvalue weighted by molar-refractivity contribution is -0.144. The Labute approximate surface area is 295 Å². The predicted molar refractivity (Wildman–Crippen MR) is 189 cm³/mol. The Morgan fingerprint density at radius 1 is 0.980 bits per heavy atom. The van der Waals surface area contributed by atoms with Crippen LogP contribution < -0.4 is 5.32 Å². The summed E-state index contributed by atoms with van der Waals surface area (Å²) in [6, 6.07) is 10.9. The molecule has 2 amide bonds. The first-order valence-corrected chi connectivity index (χ1v) is 18.9. The molecule has 4 aliphatic rings. The maximum absolute atomic E-state index is 15.5. The Morgan fingerprint density at radius 2 is 1.73 bits per heavy atom. The molecule has 2 aromatic carbocycles. The molecule has 1 aliphatic carbocycles. The van der Waals surface area contributed by atoms with Crippen molar-refractivity contribution in [3.63, 3.8) is 0 Å². The van der Waals surface area contributed by atoms with E-state index in [0.29, 0.717) is 50.4 Å². The molecule has 0 radical (unpaired) electrons. The van der Waals surface area contributed by atoms with Crippen LogP contribution in [-0.4, -0.2) is 101 Å². The van der Waals surface area contributed by atoms with E-state index in [9.17, 15) is 19.5 Å². The lowest BCUT2D eigenvalue weighted by atomic mass is 9.87. The van der Waals surface area contributed by atoms with Gasteiger partial charge >= 0.3 is 5.97 Å². The minimum absolute atomic E-state index is 0.0230. The summed E-state index contributed by atoms with van der Waals surface area (Å²) in [6.07, 6.45) is 7.02. The van der Waals surface area contributed by atoms with Gasteiger partial charge in [0.25, 0.3) is 5.91 Å². The Bertz CT molecular complexity index is 1680. The molecule has 3 aliphatic heterocycles. The zero-order valence-corrected chi connectivity index (χ0v) is 29.2. The number of thiophene rings is 1. The fourth-order valence-corrected chi connectivity index (χ4v) is 9.25. The van der Waals surface area contributed by atoms with E-state index in [0.717, 1.165) is 42.7 Å². The highest BCUT2D eigenvalue weighted by molar-refractivity contribution is 7.17. The summed E-state index contributed by atoms with van der Waals surface area (Å²) < 4.78 is 22.8. The van der Waals surface area contributed by atoms with E-state index in [1.807, 2.05) is 29.2 Å². The molecule has 3 aromatic rings. The maximum Gasteiger partial charge on any atom is 0.306 e. The highest BCUT2D eigenvalue weighted by atomic mass is 35.5. The molecule has 2 atom stereocenters. The maximum atomic E-state index is 15.5. The highest BCUT2D eigenvalue weighted by Gasteiger charge is 2.44. The number of amides is 2. The summed E-state index contributed by atoms with van der Waals surface area (Å²) >= 11 is 8.02. The number of piperidine rings is 1. The zero-order valence-electron chi connectivity index (χ0n) is 27.6. The molecule has 4 heterocycles. The minimum atomic E-state index is -0.745. The van der Waals surface area contributed by atoms with Crippen molar-refractivity contribution in [1.82, 2.24) is 14.7 Å². The summed E-state index contributed by atoms with van der Waals surface area (Å²) in [5, 5.41) is 14.9. The number of carboxylic acids is 1. The van der Waals surface area contributed by atoms with Gasteiger partial charge in [-0.3, -0.25) is 24.2 Å². The average Bonchev–Trinajstić information content (AvgIpc) is 3.71. The average molecular weight is 711 g/mol. The summed E-state index contributed by atoms with van der Waals surface area (Å²) in [5.74, 6) is -2.22. The van der Waals surface area contributed by atoms with Gasteiger partial charge in [0, 0.05) is 47.2 Å². The zero-order chi connectivity index (χ0) is 34.1. The topological polar surface area (TPSA) is 102 Å². The molecule has 262 valence electrons.